The monoisotopic (exact) mass is 391 g/mol. The molecule has 4 aromatic carbocycles. The van der Waals surface area contributed by atoms with Crippen LogP contribution in [-0.4, -0.2) is 4.57 Å². The van der Waals surface area contributed by atoms with Gasteiger partial charge in [0, 0.05) is 27.9 Å². The zero-order valence-electron chi connectivity index (χ0n) is 16.0. The SMILES string of the molecule is c1ccc(Cn2c(Sc3ccccc3)c(-c3ccccc3)c3ccccc32)cc1. The van der Waals surface area contributed by atoms with Crippen LogP contribution < -0.4 is 0 Å². The van der Waals surface area contributed by atoms with Crippen LogP contribution in [0.25, 0.3) is 22.0 Å². The van der Waals surface area contributed by atoms with Gasteiger partial charge in [-0.2, -0.15) is 0 Å². The van der Waals surface area contributed by atoms with E-state index in [2.05, 4.69) is 120 Å². The van der Waals surface area contributed by atoms with Crippen LogP contribution in [0.1, 0.15) is 5.56 Å². The molecule has 0 saturated heterocycles. The Labute approximate surface area is 175 Å². The van der Waals surface area contributed by atoms with Crippen molar-refractivity contribution in [3.63, 3.8) is 0 Å². The van der Waals surface area contributed by atoms with Crippen molar-refractivity contribution in [1.29, 1.82) is 0 Å². The lowest BCUT2D eigenvalue weighted by Crippen LogP contribution is -2.01. The molecule has 0 spiro atoms. The van der Waals surface area contributed by atoms with E-state index in [1.807, 2.05) is 11.8 Å². The van der Waals surface area contributed by atoms with E-state index in [1.165, 1.54) is 37.5 Å². The van der Waals surface area contributed by atoms with E-state index in [0.717, 1.165) is 6.54 Å². The van der Waals surface area contributed by atoms with Gasteiger partial charge in [0.25, 0.3) is 0 Å². The number of fused-ring (bicyclic) bond motifs is 1. The van der Waals surface area contributed by atoms with Crippen LogP contribution in [0.4, 0.5) is 0 Å². The van der Waals surface area contributed by atoms with Gasteiger partial charge in [-0.15, -0.1) is 0 Å². The molecule has 0 amide bonds. The number of nitrogens with zero attached hydrogens (tertiary/aromatic N) is 1. The van der Waals surface area contributed by atoms with Gasteiger partial charge in [-0.25, -0.2) is 0 Å². The van der Waals surface area contributed by atoms with Gasteiger partial charge in [0.15, 0.2) is 0 Å². The molecule has 0 N–H and O–H groups in total. The summed E-state index contributed by atoms with van der Waals surface area (Å²) in [7, 11) is 0. The Hall–Kier alpha value is -3.23. The Morgan fingerprint density at radius 2 is 1.17 bits per heavy atom. The summed E-state index contributed by atoms with van der Waals surface area (Å²) in [6.45, 7) is 0.851. The van der Waals surface area contributed by atoms with Gasteiger partial charge >= 0.3 is 0 Å². The first-order valence-electron chi connectivity index (χ1n) is 9.83. The van der Waals surface area contributed by atoms with E-state index < -0.39 is 0 Å². The molecule has 2 heteroatoms. The number of aromatic nitrogens is 1. The minimum Gasteiger partial charge on any atom is -0.330 e. The zero-order chi connectivity index (χ0) is 19.5. The van der Waals surface area contributed by atoms with E-state index in [-0.39, 0.29) is 0 Å². The van der Waals surface area contributed by atoms with Crippen LogP contribution in [0.2, 0.25) is 0 Å². The minimum absolute atomic E-state index is 0.851. The third-order valence-electron chi connectivity index (χ3n) is 5.13. The average Bonchev–Trinajstić information content (AvgIpc) is 3.09. The third-order valence-corrected chi connectivity index (χ3v) is 6.25. The Balaban J connectivity index is 1.76. The molecule has 0 unspecified atom stereocenters. The first-order chi connectivity index (χ1) is 14.4. The molecule has 0 saturated carbocycles. The molecule has 0 fully saturated rings. The van der Waals surface area contributed by atoms with Crippen molar-refractivity contribution in [2.75, 3.05) is 0 Å². The van der Waals surface area contributed by atoms with E-state index >= 15 is 0 Å². The lowest BCUT2D eigenvalue weighted by atomic mass is 10.1. The second-order valence-corrected chi connectivity index (χ2v) is 8.11. The maximum atomic E-state index is 2.46. The van der Waals surface area contributed by atoms with Crippen molar-refractivity contribution < 1.29 is 0 Å². The number of benzene rings is 4. The average molecular weight is 392 g/mol. The summed E-state index contributed by atoms with van der Waals surface area (Å²) in [6.07, 6.45) is 0. The largest absolute Gasteiger partial charge is 0.330 e. The highest BCUT2D eigenvalue weighted by molar-refractivity contribution is 7.99. The van der Waals surface area contributed by atoms with Crippen LogP contribution in [0, 0.1) is 0 Å². The van der Waals surface area contributed by atoms with Crippen LogP contribution in [-0.2, 0) is 6.54 Å². The van der Waals surface area contributed by atoms with Gasteiger partial charge in [-0.3, -0.25) is 0 Å². The van der Waals surface area contributed by atoms with Crippen molar-refractivity contribution in [3.8, 4) is 11.1 Å². The highest BCUT2D eigenvalue weighted by Gasteiger charge is 2.19. The number of rotatable bonds is 5. The fourth-order valence-corrected chi connectivity index (χ4v) is 4.91. The maximum absolute atomic E-state index is 2.46. The Kier molecular flexibility index (Phi) is 4.93. The highest BCUT2D eigenvalue weighted by atomic mass is 32.2. The molecule has 0 aliphatic heterocycles. The van der Waals surface area contributed by atoms with Gasteiger partial charge in [0.1, 0.15) is 0 Å². The topological polar surface area (TPSA) is 4.93 Å². The summed E-state index contributed by atoms with van der Waals surface area (Å²) < 4.78 is 2.46. The molecule has 0 bridgehead atoms. The van der Waals surface area contributed by atoms with Crippen LogP contribution in [0.15, 0.2) is 125 Å². The fraction of sp³-hybridized carbons (Fsp3) is 0.0370. The van der Waals surface area contributed by atoms with Crippen molar-refractivity contribution in [3.05, 3.63) is 121 Å². The lowest BCUT2D eigenvalue weighted by Gasteiger charge is -2.13. The predicted molar refractivity (Wildman–Crippen MR) is 123 cm³/mol. The molecule has 1 nitrogen and oxygen atoms in total. The van der Waals surface area contributed by atoms with E-state index in [1.54, 1.807) is 0 Å². The quantitative estimate of drug-likeness (QED) is 0.300. The Morgan fingerprint density at radius 1 is 0.586 bits per heavy atom. The second-order valence-electron chi connectivity index (χ2n) is 7.05. The molecule has 0 atom stereocenters. The number of hydrogen-bond acceptors (Lipinski definition) is 1. The Bertz CT molecular complexity index is 1230. The molecule has 0 aliphatic carbocycles. The molecule has 5 rings (SSSR count). The van der Waals surface area contributed by atoms with Crippen molar-refractivity contribution in [2.24, 2.45) is 0 Å². The lowest BCUT2D eigenvalue weighted by molar-refractivity contribution is 0.763. The van der Waals surface area contributed by atoms with Gasteiger partial charge in [0.05, 0.1) is 5.03 Å². The normalized spacial score (nSPS) is 11.0. The molecular formula is C27H21NS. The van der Waals surface area contributed by atoms with Gasteiger partial charge in [-0.05, 0) is 29.3 Å². The van der Waals surface area contributed by atoms with E-state index in [9.17, 15) is 0 Å². The number of para-hydroxylation sites is 1. The summed E-state index contributed by atoms with van der Waals surface area (Å²) in [5.41, 5.74) is 5.15. The molecule has 0 radical (unpaired) electrons. The van der Waals surface area contributed by atoms with Crippen LogP contribution >= 0.6 is 11.8 Å². The van der Waals surface area contributed by atoms with Crippen molar-refractivity contribution >= 4 is 22.7 Å². The van der Waals surface area contributed by atoms with Crippen LogP contribution in [0.5, 0.6) is 0 Å². The molecule has 0 aliphatic rings. The fourth-order valence-electron chi connectivity index (χ4n) is 3.79. The first kappa shape index (κ1) is 17.8. The predicted octanol–water partition coefficient (Wildman–Crippen LogP) is 7.51. The van der Waals surface area contributed by atoms with E-state index in [0.29, 0.717) is 0 Å². The summed E-state index contributed by atoms with van der Waals surface area (Å²) in [4.78, 5) is 1.25. The molecule has 1 aromatic heterocycles. The molecular weight excluding hydrogens is 370 g/mol. The summed E-state index contributed by atoms with van der Waals surface area (Å²) in [5, 5.41) is 2.58. The standard InChI is InChI=1S/C27H21NS/c1-4-12-21(13-5-1)20-28-25-19-11-10-18-24(25)26(22-14-6-2-7-15-22)27(28)29-23-16-8-3-9-17-23/h1-19H,20H2. The highest BCUT2D eigenvalue weighted by Crippen LogP contribution is 2.43. The van der Waals surface area contributed by atoms with E-state index in [4.69, 9.17) is 0 Å². The molecule has 1 heterocycles. The summed E-state index contributed by atoms with van der Waals surface area (Å²) in [6, 6.07) is 40.9. The molecule has 5 aromatic rings. The smallest absolute Gasteiger partial charge is 0.0890 e. The third kappa shape index (κ3) is 3.59. The van der Waals surface area contributed by atoms with Crippen molar-refractivity contribution in [1.82, 2.24) is 4.57 Å². The summed E-state index contributed by atoms with van der Waals surface area (Å²) in [5.74, 6) is 0. The maximum Gasteiger partial charge on any atom is 0.0890 e. The van der Waals surface area contributed by atoms with Gasteiger partial charge < -0.3 is 4.57 Å². The van der Waals surface area contributed by atoms with Crippen LogP contribution in [0.3, 0.4) is 0 Å². The van der Waals surface area contributed by atoms with Gasteiger partial charge in [0.2, 0.25) is 0 Å². The minimum atomic E-state index is 0.851. The summed E-state index contributed by atoms with van der Waals surface area (Å²) >= 11 is 1.84. The Morgan fingerprint density at radius 3 is 1.90 bits per heavy atom. The molecule has 140 valence electrons. The second kappa shape index (κ2) is 8.02. The molecule has 29 heavy (non-hydrogen) atoms. The van der Waals surface area contributed by atoms with Gasteiger partial charge in [-0.1, -0.05) is 109 Å². The van der Waals surface area contributed by atoms with Crippen molar-refractivity contribution in [2.45, 2.75) is 16.5 Å². The first-order valence-corrected chi connectivity index (χ1v) is 10.7. The zero-order valence-corrected chi connectivity index (χ0v) is 16.8. The number of hydrogen-bond donors (Lipinski definition) is 0.